The van der Waals surface area contributed by atoms with Crippen LogP contribution in [0.1, 0.15) is 30.6 Å². The molecular weight excluding hydrogens is 248 g/mol. The number of pyridine rings is 1. The average molecular weight is 268 g/mol. The quantitative estimate of drug-likeness (QED) is 0.781. The Labute approximate surface area is 119 Å². The van der Waals surface area contributed by atoms with Gasteiger partial charge in [0.15, 0.2) is 6.29 Å². The van der Waals surface area contributed by atoms with E-state index in [4.69, 9.17) is 4.98 Å². The van der Waals surface area contributed by atoms with E-state index in [9.17, 15) is 4.79 Å². The smallest absolute Gasteiger partial charge is 0.153 e. The van der Waals surface area contributed by atoms with E-state index in [1.54, 1.807) is 0 Å². The molecule has 1 saturated heterocycles. The molecule has 2 heterocycles. The van der Waals surface area contributed by atoms with Crippen molar-refractivity contribution in [3.05, 3.63) is 35.9 Å². The van der Waals surface area contributed by atoms with E-state index < -0.39 is 0 Å². The van der Waals surface area contributed by atoms with Crippen LogP contribution in [0.15, 0.2) is 30.3 Å². The number of para-hydroxylation sites is 1. The minimum absolute atomic E-state index is 0.645. The zero-order valence-corrected chi connectivity index (χ0v) is 12.0. The third kappa shape index (κ3) is 2.40. The van der Waals surface area contributed by atoms with Crippen LogP contribution in [0.3, 0.4) is 0 Å². The summed E-state index contributed by atoms with van der Waals surface area (Å²) in [6.07, 6.45) is 2.18. The molecule has 3 rings (SSSR count). The zero-order chi connectivity index (χ0) is 14.1. The number of nitrogens with zero attached hydrogens (tertiary/aromatic N) is 2. The highest BCUT2D eigenvalue weighted by Gasteiger charge is 2.24. The third-order valence-electron chi connectivity index (χ3n) is 4.03. The second kappa shape index (κ2) is 5.23. The third-order valence-corrected chi connectivity index (χ3v) is 4.03. The minimum atomic E-state index is 0.645. The van der Waals surface area contributed by atoms with Crippen LogP contribution in [0.4, 0.5) is 5.82 Å². The van der Waals surface area contributed by atoms with Crippen LogP contribution < -0.4 is 4.90 Å². The van der Waals surface area contributed by atoms with E-state index in [0.717, 1.165) is 36.1 Å². The van der Waals surface area contributed by atoms with Crippen LogP contribution in [-0.4, -0.2) is 24.4 Å². The van der Waals surface area contributed by atoms with E-state index >= 15 is 0 Å². The number of benzene rings is 1. The lowest BCUT2D eigenvalue weighted by Crippen LogP contribution is -2.39. The van der Waals surface area contributed by atoms with Gasteiger partial charge in [-0.3, -0.25) is 4.79 Å². The fraction of sp³-hybridized carbons (Fsp3) is 0.412. The van der Waals surface area contributed by atoms with Gasteiger partial charge in [0, 0.05) is 18.5 Å². The second-order valence-corrected chi connectivity index (χ2v) is 6.06. The van der Waals surface area contributed by atoms with Gasteiger partial charge in [-0.25, -0.2) is 4.98 Å². The molecule has 0 bridgehead atoms. The number of carbonyl (C=O) groups excluding carboxylic acids is 1. The Hall–Kier alpha value is -1.90. The number of aromatic nitrogens is 1. The maximum absolute atomic E-state index is 11.4. The number of fused-ring (bicyclic) bond motifs is 1. The van der Waals surface area contributed by atoms with Gasteiger partial charge in [-0.15, -0.1) is 0 Å². The van der Waals surface area contributed by atoms with Gasteiger partial charge in [0.25, 0.3) is 0 Å². The molecule has 0 spiro atoms. The number of carbonyl (C=O) groups is 1. The lowest BCUT2D eigenvalue weighted by Gasteiger charge is -2.36. The zero-order valence-electron chi connectivity index (χ0n) is 12.0. The highest BCUT2D eigenvalue weighted by Crippen LogP contribution is 2.28. The van der Waals surface area contributed by atoms with Crippen LogP contribution >= 0.6 is 0 Å². The average Bonchev–Trinajstić information content (AvgIpc) is 2.44. The van der Waals surface area contributed by atoms with Crippen LogP contribution in [0.2, 0.25) is 0 Å². The monoisotopic (exact) mass is 268 g/mol. The molecule has 20 heavy (non-hydrogen) atoms. The first-order valence-corrected chi connectivity index (χ1v) is 7.27. The molecule has 1 aromatic carbocycles. The van der Waals surface area contributed by atoms with Crippen molar-refractivity contribution < 1.29 is 4.79 Å². The van der Waals surface area contributed by atoms with Gasteiger partial charge >= 0.3 is 0 Å². The Bertz CT molecular complexity index is 628. The summed E-state index contributed by atoms with van der Waals surface area (Å²) in [5.74, 6) is 2.13. The molecule has 1 aliphatic heterocycles. The van der Waals surface area contributed by atoms with Crippen LogP contribution in [0.25, 0.3) is 10.9 Å². The lowest BCUT2D eigenvalue weighted by atomic mass is 9.91. The lowest BCUT2D eigenvalue weighted by molar-refractivity contribution is 0.112. The molecule has 0 saturated carbocycles. The number of aldehydes is 1. The van der Waals surface area contributed by atoms with E-state index in [1.165, 1.54) is 6.42 Å². The van der Waals surface area contributed by atoms with Gasteiger partial charge < -0.3 is 4.90 Å². The summed E-state index contributed by atoms with van der Waals surface area (Å²) in [6, 6.07) is 9.92. The van der Waals surface area contributed by atoms with E-state index in [1.807, 2.05) is 30.3 Å². The summed E-state index contributed by atoms with van der Waals surface area (Å²) in [6.45, 7) is 6.50. The Balaban J connectivity index is 2.07. The van der Waals surface area contributed by atoms with Gasteiger partial charge in [-0.2, -0.15) is 0 Å². The summed E-state index contributed by atoms with van der Waals surface area (Å²) in [4.78, 5) is 18.4. The Morgan fingerprint density at radius 2 is 1.90 bits per heavy atom. The number of hydrogen-bond acceptors (Lipinski definition) is 3. The molecule has 1 aliphatic rings. The first-order chi connectivity index (χ1) is 9.67. The van der Waals surface area contributed by atoms with Crippen molar-refractivity contribution in [1.82, 2.24) is 4.98 Å². The first-order valence-electron chi connectivity index (χ1n) is 7.27. The SMILES string of the molecule is C[C@@H]1C[C@H](C)CN(c2nc3ccccc3cc2C=O)C1. The fourth-order valence-electron chi connectivity index (χ4n) is 3.30. The second-order valence-electron chi connectivity index (χ2n) is 6.06. The molecular formula is C17H20N2O. The predicted molar refractivity (Wildman–Crippen MR) is 82.3 cm³/mol. The van der Waals surface area contributed by atoms with E-state index in [0.29, 0.717) is 17.4 Å². The number of rotatable bonds is 2. The number of piperidine rings is 1. The van der Waals surface area contributed by atoms with Crippen molar-refractivity contribution in [1.29, 1.82) is 0 Å². The molecule has 1 aromatic heterocycles. The van der Waals surface area contributed by atoms with Crippen LogP contribution in [0.5, 0.6) is 0 Å². The van der Waals surface area contributed by atoms with Gasteiger partial charge in [0.05, 0.1) is 11.1 Å². The maximum Gasteiger partial charge on any atom is 0.153 e. The summed E-state index contributed by atoms with van der Waals surface area (Å²) >= 11 is 0. The normalized spacial score (nSPS) is 23.0. The maximum atomic E-state index is 11.4. The summed E-state index contributed by atoms with van der Waals surface area (Å²) in [5.41, 5.74) is 1.66. The summed E-state index contributed by atoms with van der Waals surface area (Å²) in [7, 11) is 0. The Morgan fingerprint density at radius 1 is 1.20 bits per heavy atom. The molecule has 0 amide bonds. The van der Waals surface area contributed by atoms with Crippen molar-refractivity contribution in [2.24, 2.45) is 11.8 Å². The van der Waals surface area contributed by atoms with Crippen molar-refractivity contribution in [2.45, 2.75) is 20.3 Å². The molecule has 1 fully saturated rings. The number of anilines is 1. The van der Waals surface area contributed by atoms with Crippen molar-refractivity contribution in [3.63, 3.8) is 0 Å². The highest BCUT2D eigenvalue weighted by atomic mass is 16.1. The summed E-state index contributed by atoms with van der Waals surface area (Å²) in [5, 5.41) is 1.02. The Kier molecular flexibility index (Phi) is 3.43. The van der Waals surface area contributed by atoms with Gasteiger partial charge in [0.1, 0.15) is 5.82 Å². The molecule has 0 unspecified atom stereocenters. The largest absolute Gasteiger partial charge is 0.355 e. The first kappa shape index (κ1) is 13.1. The van der Waals surface area contributed by atoms with Crippen LogP contribution in [0, 0.1) is 11.8 Å². The van der Waals surface area contributed by atoms with Gasteiger partial charge in [-0.1, -0.05) is 32.0 Å². The van der Waals surface area contributed by atoms with Crippen LogP contribution in [-0.2, 0) is 0 Å². The van der Waals surface area contributed by atoms with Crippen molar-refractivity contribution >= 4 is 23.0 Å². The van der Waals surface area contributed by atoms with E-state index in [2.05, 4.69) is 18.7 Å². The molecule has 104 valence electrons. The van der Waals surface area contributed by atoms with Crippen molar-refractivity contribution in [3.8, 4) is 0 Å². The fourth-order valence-corrected chi connectivity index (χ4v) is 3.30. The molecule has 2 aromatic rings. The van der Waals surface area contributed by atoms with Gasteiger partial charge in [0.2, 0.25) is 0 Å². The molecule has 0 N–H and O–H groups in total. The molecule has 3 nitrogen and oxygen atoms in total. The predicted octanol–water partition coefficient (Wildman–Crippen LogP) is 3.53. The topological polar surface area (TPSA) is 33.2 Å². The number of hydrogen-bond donors (Lipinski definition) is 0. The molecule has 0 radical (unpaired) electrons. The Morgan fingerprint density at radius 3 is 2.60 bits per heavy atom. The van der Waals surface area contributed by atoms with Crippen molar-refractivity contribution in [2.75, 3.05) is 18.0 Å². The molecule has 3 heteroatoms. The minimum Gasteiger partial charge on any atom is -0.355 e. The molecule has 0 aliphatic carbocycles. The highest BCUT2D eigenvalue weighted by molar-refractivity contribution is 5.91. The van der Waals surface area contributed by atoms with E-state index in [-0.39, 0.29) is 0 Å². The summed E-state index contributed by atoms with van der Waals surface area (Å²) < 4.78 is 0. The molecule has 2 atom stereocenters. The van der Waals surface area contributed by atoms with Gasteiger partial charge in [-0.05, 0) is 30.4 Å². The standard InChI is InChI=1S/C17H20N2O/c1-12-7-13(2)10-19(9-12)17-15(11-20)8-14-5-3-4-6-16(14)18-17/h3-6,8,11-13H,7,9-10H2,1-2H3/t12-,13+.